The molecule has 2 heterocycles. The molecule has 1 fully saturated rings. The van der Waals surface area contributed by atoms with Crippen LogP contribution in [0.15, 0.2) is 29.3 Å². The van der Waals surface area contributed by atoms with Crippen LogP contribution in [0.1, 0.15) is 75.0 Å². The molecule has 0 radical (unpaired) electrons. The number of para-hydroxylation sites is 1. The van der Waals surface area contributed by atoms with Gasteiger partial charge in [-0.05, 0) is 50.2 Å². The minimum absolute atomic E-state index is 0.0657. The van der Waals surface area contributed by atoms with Crippen molar-refractivity contribution in [3.05, 3.63) is 29.3 Å². The predicted octanol–water partition coefficient (Wildman–Crippen LogP) is 1.14. The van der Waals surface area contributed by atoms with Crippen molar-refractivity contribution in [2.24, 2.45) is 34.0 Å². The van der Waals surface area contributed by atoms with E-state index < -0.39 is 35.9 Å². The molecule has 1 saturated heterocycles. The van der Waals surface area contributed by atoms with Gasteiger partial charge in [0.15, 0.2) is 16.8 Å². The molecular formula is C30H44N8O5S. The van der Waals surface area contributed by atoms with E-state index in [0.717, 1.165) is 4.70 Å². The Hall–Kier alpha value is -3.91. The first-order valence-electron chi connectivity index (χ1n) is 15.1. The number of aliphatic imine (C=N–C) groups is 1. The molecule has 4 atom stereocenters. The van der Waals surface area contributed by atoms with Gasteiger partial charge in [0.05, 0.1) is 34.8 Å². The van der Waals surface area contributed by atoms with Gasteiger partial charge in [-0.3, -0.25) is 29.0 Å². The maximum Gasteiger partial charge on any atom is 0.238 e. The molecule has 240 valence electrons. The molecule has 13 nitrogen and oxygen atoms in total. The summed E-state index contributed by atoms with van der Waals surface area (Å²) >= 11 is 1.25. The standard InChI is InChI=1S/C30H44N8O5S/c1-17(2)14-22-23(39)15-18(8-5-6-12-34-25(40)16-19(31)28(43)37-22)27(42)36-21(10-7-13-35-30(32)33)26(41)29-38-20-9-3-4-11-24(20)44-29/h3-4,9,11,17-19,21-22H,5-8,10,12-16,31H2,1-2H3,(H,34,40)(H,36,42)(H,37,43)(H4,32,33,35)/t18?,19-,21-,22-/m0/s1. The number of hydrogen-bond donors (Lipinski definition) is 6. The number of fused-ring (bicyclic) bond motifs is 1. The van der Waals surface area contributed by atoms with Gasteiger partial charge in [-0.2, -0.15) is 0 Å². The Morgan fingerprint density at radius 3 is 2.59 bits per heavy atom. The molecule has 3 amide bonds. The maximum absolute atomic E-state index is 13.8. The number of amides is 3. The average molecular weight is 629 g/mol. The molecule has 0 bridgehead atoms. The van der Waals surface area contributed by atoms with Crippen molar-refractivity contribution in [1.29, 1.82) is 0 Å². The highest BCUT2D eigenvalue weighted by Gasteiger charge is 2.32. The number of guanidine groups is 1. The van der Waals surface area contributed by atoms with E-state index in [0.29, 0.717) is 44.2 Å². The quantitative estimate of drug-likeness (QED) is 0.0958. The summed E-state index contributed by atoms with van der Waals surface area (Å²) in [5.74, 6) is -2.80. The smallest absolute Gasteiger partial charge is 0.238 e. The number of benzene rings is 1. The van der Waals surface area contributed by atoms with Crippen molar-refractivity contribution in [2.45, 2.75) is 83.3 Å². The minimum atomic E-state index is -1.10. The lowest BCUT2D eigenvalue weighted by molar-refractivity contribution is -0.133. The van der Waals surface area contributed by atoms with E-state index >= 15 is 0 Å². The van der Waals surface area contributed by atoms with Crippen molar-refractivity contribution in [3.8, 4) is 0 Å². The SMILES string of the molecule is CC(C)C[C@@H]1NC(=O)[C@@H](N)CC(=O)NCCCCC(C(=O)N[C@@H](CCCN=C(N)N)C(=O)c2nc3ccccc3s2)CC1=O. The highest BCUT2D eigenvalue weighted by Crippen LogP contribution is 2.24. The Bertz CT molecular complexity index is 1320. The van der Waals surface area contributed by atoms with E-state index in [1.165, 1.54) is 11.3 Å². The zero-order valence-corrected chi connectivity index (χ0v) is 26.2. The van der Waals surface area contributed by atoms with Crippen LogP contribution in [0.25, 0.3) is 10.2 Å². The van der Waals surface area contributed by atoms with Crippen LogP contribution in [0.5, 0.6) is 0 Å². The Labute approximate surface area is 261 Å². The van der Waals surface area contributed by atoms with E-state index in [1.807, 2.05) is 38.1 Å². The van der Waals surface area contributed by atoms with Gasteiger partial charge in [-0.15, -0.1) is 11.3 Å². The number of aromatic nitrogens is 1. The van der Waals surface area contributed by atoms with E-state index in [2.05, 4.69) is 25.9 Å². The first kappa shape index (κ1) is 34.6. The van der Waals surface area contributed by atoms with Gasteiger partial charge in [-0.1, -0.05) is 32.4 Å². The lowest BCUT2D eigenvalue weighted by Gasteiger charge is -2.25. The lowest BCUT2D eigenvalue weighted by atomic mass is 9.89. The van der Waals surface area contributed by atoms with Crippen LogP contribution < -0.4 is 33.2 Å². The number of carbonyl (C=O) groups is 5. The van der Waals surface area contributed by atoms with Crippen molar-refractivity contribution in [2.75, 3.05) is 13.1 Å². The van der Waals surface area contributed by atoms with Crippen LogP contribution in [0, 0.1) is 11.8 Å². The Kier molecular flexibility index (Phi) is 13.2. The van der Waals surface area contributed by atoms with Crippen molar-refractivity contribution in [1.82, 2.24) is 20.9 Å². The molecule has 3 rings (SSSR count). The summed E-state index contributed by atoms with van der Waals surface area (Å²) in [7, 11) is 0. The number of hydrogen-bond acceptors (Lipinski definition) is 9. The predicted molar refractivity (Wildman–Crippen MR) is 170 cm³/mol. The molecule has 1 aliphatic heterocycles. The molecule has 1 aromatic carbocycles. The van der Waals surface area contributed by atoms with Gasteiger partial charge in [0, 0.05) is 25.4 Å². The molecule has 44 heavy (non-hydrogen) atoms. The van der Waals surface area contributed by atoms with Crippen LogP contribution >= 0.6 is 11.3 Å². The number of carbonyl (C=O) groups excluding carboxylic acids is 5. The van der Waals surface area contributed by atoms with Crippen LogP contribution in [0.3, 0.4) is 0 Å². The summed E-state index contributed by atoms with van der Waals surface area (Å²) in [6, 6.07) is 4.51. The van der Waals surface area contributed by atoms with Gasteiger partial charge in [0.1, 0.15) is 0 Å². The number of rotatable bonds is 10. The maximum atomic E-state index is 13.8. The molecule has 1 aromatic heterocycles. The fourth-order valence-corrected chi connectivity index (χ4v) is 5.99. The van der Waals surface area contributed by atoms with Gasteiger partial charge < -0.3 is 33.2 Å². The summed E-state index contributed by atoms with van der Waals surface area (Å²) in [4.78, 5) is 74.4. The van der Waals surface area contributed by atoms with E-state index in [4.69, 9.17) is 17.2 Å². The Balaban J connectivity index is 1.83. The second kappa shape index (κ2) is 16.8. The fraction of sp³-hybridized carbons (Fsp3) is 0.567. The molecule has 9 N–H and O–H groups in total. The molecule has 2 aromatic rings. The third kappa shape index (κ3) is 10.7. The summed E-state index contributed by atoms with van der Waals surface area (Å²) in [6.45, 7) is 4.45. The van der Waals surface area contributed by atoms with Crippen molar-refractivity contribution >= 4 is 56.8 Å². The summed E-state index contributed by atoms with van der Waals surface area (Å²) < 4.78 is 0.850. The minimum Gasteiger partial charge on any atom is -0.370 e. The number of ketones is 2. The number of nitrogens with one attached hydrogen (secondary N) is 3. The van der Waals surface area contributed by atoms with Crippen LogP contribution in [0.2, 0.25) is 0 Å². The second-order valence-electron chi connectivity index (χ2n) is 11.6. The van der Waals surface area contributed by atoms with Crippen LogP contribution in [-0.4, -0.2) is 71.4 Å². The molecular weight excluding hydrogens is 584 g/mol. The monoisotopic (exact) mass is 628 g/mol. The van der Waals surface area contributed by atoms with Gasteiger partial charge in [-0.25, -0.2) is 4.98 Å². The van der Waals surface area contributed by atoms with Crippen molar-refractivity contribution < 1.29 is 24.0 Å². The normalized spacial score (nSPS) is 21.2. The molecule has 14 heteroatoms. The summed E-state index contributed by atoms with van der Waals surface area (Å²) in [6.07, 6.45) is 2.19. The fourth-order valence-electron chi connectivity index (χ4n) is 5.03. The van der Waals surface area contributed by atoms with Gasteiger partial charge >= 0.3 is 0 Å². The first-order chi connectivity index (χ1) is 20.9. The molecule has 0 spiro atoms. The van der Waals surface area contributed by atoms with Crippen LogP contribution in [-0.2, 0) is 19.2 Å². The second-order valence-corrected chi connectivity index (χ2v) is 12.6. The average Bonchev–Trinajstić information content (AvgIpc) is 3.40. The number of nitrogens with zero attached hydrogens (tertiary/aromatic N) is 2. The lowest BCUT2D eigenvalue weighted by Crippen LogP contribution is -2.51. The van der Waals surface area contributed by atoms with Gasteiger partial charge in [0.25, 0.3) is 0 Å². The number of nitrogens with two attached hydrogens (primary N) is 3. The largest absolute Gasteiger partial charge is 0.370 e. The molecule has 1 unspecified atom stereocenters. The highest BCUT2D eigenvalue weighted by molar-refractivity contribution is 7.20. The number of Topliss-reactive ketones (excluding diaryl/α,β-unsaturated/α-hetero) is 2. The van der Waals surface area contributed by atoms with Crippen LogP contribution in [0.4, 0.5) is 0 Å². The molecule has 0 aliphatic carbocycles. The third-order valence-electron chi connectivity index (χ3n) is 7.36. The Morgan fingerprint density at radius 2 is 1.89 bits per heavy atom. The topological polar surface area (TPSA) is 225 Å². The Morgan fingerprint density at radius 1 is 1.14 bits per heavy atom. The van der Waals surface area contributed by atoms with Crippen molar-refractivity contribution in [3.63, 3.8) is 0 Å². The zero-order valence-electron chi connectivity index (χ0n) is 25.3. The zero-order chi connectivity index (χ0) is 32.2. The summed E-state index contributed by atoms with van der Waals surface area (Å²) in [5, 5.41) is 8.61. The van der Waals surface area contributed by atoms with Gasteiger partial charge in [0.2, 0.25) is 23.5 Å². The highest BCUT2D eigenvalue weighted by atomic mass is 32.1. The van der Waals surface area contributed by atoms with E-state index in [-0.39, 0.29) is 60.2 Å². The molecule has 1 aliphatic rings. The first-order valence-corrected chi connectivity index (χ1v) is 15.9. The summed E-state index contributed by atoms with van der Waals surface area (Å²) in [5.41, 5.74) is 17.5. The number of thiazole rings is 1. The third-order valence-corrected chi connectivity index (χ3v) is 8.41. The van der Waals surface area contributed by atoms with E-state index in [1.54, 1.807) is 0 Å². The van der Waals surface area contributed by atoms with E-state index in [9.17, 15) is 24.0 Å². The molecule has 0 saturated carbocycles.